The number of hydrogen-bond acceptors (Lipinski definition) is 4. The molecule has 0 spiro atoms. The number of nitrogens with zero attached hydrogens (tertiary/aromatic N) is 2. The smallest absolute Gasteiger partial charge is 0.265 e. The average molecular weight is 594 g/mol. The maximum atomic E-state index is 6.43. The first-order chi connectivity index (χ1) is 17.5. The lowest BCUT2D eigenvalue weighted by Crippen LogP contribution is -2.35. The molecule has 0 saturated carbocycles. The Kier molecular flexibility index (Phi) is 9.14. The van der Waals surface area contributed by atoms with E-state index in [1.165, 1.54) is 36.4 Å². The number of hydrogen-bond donors (Lipinski definition) is 0. The van der Waals surface area contributed by atoms with Crippen LogP contribution >= 0.6 is 53.4 Å². The Balaban J connectivity index is 1.71. The third-order valence-electron chi connectivity index (χ3n) is 6.65. The van der Waals surface area contributed by atoms with Gasteiger partial charge in [-0.25, -0.2) is 9.21 Å². The number of rotatable bonds is 11. The number of thiazole rings is 1. The van der Waals surface area contributed by atoms with E-state index in [4.69, 9.17) is 15.8 Å². The van der Waals surface area contributed by atoms with E-state index in [-0.39, 0.29) is 0 Å². The van der Waals surface area contributed by atoms with Crippen molar-refractivity contribution < 1.29 is 8.75 Å². The molecule has 0 radical (unpaired) electrons. The highest BCUT2D eigenvalue weighted by atomic mass is 35.5. The molecule has 37 heavy (non-hydrogen) atoms. The molecule has 4 rings (SSSR count). The van der Waals surface area contributed by atoms with E-state index in [1.54, 1.807) is 7.11 Å². The van der Waals surface area contributed by atoms with Crippen LogP contribution in [0.1, 0.15) is 30.3 Å². The lowest BCUT2D eigenvalue weighted by molar-refractivity contribution is -0.668. The topological polar surface area (TPSA) is 16.4 Å². The predicted octanol–water partition coefficient (Wildman–Crippen LogP) is 7.76. The normalized spacial score (nSPS) is 15.1. The molecule has 0 atom stereocenters. The molecule has 0 amide bonds. The van der Waals surface area contributed by atoms with Gasteiger partial charge in [-0.1, -0.05) is 71.2 Å². The minimum Gasteiger partial charge on any atom is -0.335 e. The second kappa shape index (κ2) is 11.8. The highest BCUT2D eigenvalue weighted by Gasteiger charge is 2.28. The van der Waals surface area contributed by atoms with Crippen LogP contribution in [-0.2, 0) is 10.7 Å². The van der Waals surface area contributed by atoms with E-state index in [2.05, 4.69) is 83.2 Å². The van der Waals surface area contributed by atoms with Crippen LogP contribution in [0, 0.1) is 6.92 Å². The molecule has 2 heterocycles. The predicted molar refractivity (Wildman–Crippen MR) is 180 cm³/mol. The first-order valence-corrected chi connectivity index (χ1v) is 18.8. The van der Waals surface area contributed by atoms with Gasteiger partial charge < -0.3 is 9.08 Å². The van der Waals surface area contributed by atoms with Crippen molar-refractivity contribution in [3.8, 4) is 0 Å². The van der Waals surface area contributed by atoms with Gasteiger partial charge in [-0.15, -0.1) is 9.49 Å². The lowest BCUT2D eigenvalue weighted by Gasteiger charge is -2.22. The maximum absolute atomic E-state index is 6.43. The molecule has 3 nitrogen and oxygen atoms in total. The van der Waals surface area contributed by atoms with Crippen molar-refractivity contribution in [1.29, 1.82) is 0 Å². The van der Waals surface area contributed by atoms with Crippen molar-refractivity contribution in [1.82, 2.24) is 0 Å². The maximum Gasteiger partial charge on any atom is 0.265 e. The summed E-state index contributed by atoms with van der Waals surface area (Å²) in [7, 11) is -0.812. The highest BCUT2D eigenvalue weighted by molar-refractivity contribution is 8.27. The minimum atomic E-state index is -1.50. The van der Waals surface area contributed by atoms with Crippen molar-refractivity contribution in [3.63, 3.8) is 0 Å². The lowest BCUT2D eigenvalue weighted by atomic mass is 10.2. The van der Waals surface area contributed by atoms with Gasteiger partial charge in [-0.2, -0.15) is 4.57 Å². The van der Waals surface area contributed by atoms with Gasteiger partial charge in [0.15, 0.2) is 6.54 Å². The molecule has 8 heteroatoms. The Bertz CT molecular complexity index is 1540. The summed E-state index contributed by atoms with van der Waals surface area (Å²) >= 11 is 10.1. The first-order valence-electron chi connectivity index (χ1n) is 12.4. The number of halogens is 1. The van der Waals surface area contributed by atoms with E-state index in [0.717, 1.165) is 48.2 Å². The number of anilines is 1. The van der Waals surface area contributed by atoms with Crippen LogP contribution in [0.2, 0.25) is 5.02 Å². The molecule has 0 saturated heterocycles. The van der Waals surface area contributed by atoms with Gasteiger partial charge in [0.2, 0.25) is 5.52 Å². The summed E-state index contributed by atoms with van der Waals surface area (Å²) in [6, 6.07) is 12.9. The number of aryl methyl sites for hydroxylation is 2. The monoisotopic (exact) mass is 593 g/mol. The Morgan fingerprint density at radius 2 is 1.86 bits per heavy atom. The Morgan fingerprint density at radius 3 is 2.59 bits per heavy atom. The summed E-state index contributed by atoms with van der Waals surface area (Å²) in [5.74, 6) is 20.1. The van der Waals surface area contributed by atoms with E-state index >= 15 is 0 Å². The van der Waals surface area contributed by atoms with E-state index in [0.29, 0.717) is 0 Å². The number of aromatic nitrogens is 1. The molecule has 1 aliphatic rings. The van der Waals surface area contributed by atoms with Crippen molar-refractivity contribution >= 4 is 98.9 Å². The first kappa shape index (κ1) is 28.7. The Morgan fingerprint density at radius 1 is 1.08 bits per heavy atom. The van der Waals surface area contributed by atoms with Crippen molar-refractivity contribution in [2.24, 2.45) is 0 Å². The van der Waals surface area contributed by atoms with Crippen LogP contribution in [0.15, 0.2) is 46.3 Å². The van der Waals surface area contributed by atoms with Crippen LogP contribution in [-0.4, -0.2) is 54.4 Å². The Labute approximate surface area is 237 Å². The fourth-order valence-corrected chi connectivity index (χ4v) is 8.61. The van der Waals surface area contributed by atoms with Crippen LogP contribution in [0.5, 0.6) is 0 Å². The van der Waals surface area contributed by atoms with Gasteiger partial charge in [0, 0.05) is 41.8 Å². The quantitative estimate of drug-likeness (QED) is 0.167. The zero-order valence-corrected chi connectivity index (χ0v) is 26.2. The molecule has 0 fully saturated rings. The second-order valence-corrected chi connectivity index (χ2v) is 18.3. The summed E-state index contributed by atoms with van der Waals surface area (Å²) in [6.07, 6.45) is 4.39. The standard InChI is InChI=1S/C29H38ClN2OS4/c1-8-36(4,5)17-9-15-32-25-20-23(30)12-14-27(25)35-29(32)21-28-31(16-10-18-37(6,7)33-3)24-19-22(2)11-13-26(24)34-28/h11-14,19-21H,4-10,15-18H2,1-3H3/q+1. The molecule has 0 bridgehead atoms. The van der Waals surface area contributed by atoms with Gasteiger partial charge in [0.25, 0.3) is 5.01 Å². The zero-order valence-electron chi connectivity index (χ0n) is 22.1. The molecule has 1 aromatic heterocycles. The van der Waals surface area contributed by atoms with Crippen LogP contribution in [0.25, 0.3) is 16.3 Å². The molecule has 3 aromatic rings. The van der Waals surface area contributed by atoms with Gasteiger partial charge >= 0.3 is 0 Å². The van der Waals surface area contributed by atoms with Crippen molar-refractivity contribution in [2.75, 3.05) is 35.8 Å². The largest absolute Gasteiger partial charge is 0.335 e. The van der Waals surface area contributed by atoms with Gasteiger partial charge in [0.1, 0.15) is 4.70 Å². The molecule has 0 aliphatic carbocycles. The van der Waals surface area contributed by atoms with Gasteiger partial charge in [-0.05, 0) is 54.7 Å². The molecule has 1 aliphatic heterocycles. The average Bonchev–Trinajstić information content (AvgIpc) is 3.36. The summed E-state index contributed by atoms with van der Waals surface area (Å²) in [5.41, 5.74) is 3.75. The van der Waals surface area contributed by atoms with E-state index in [1.807, 2.05) is 29.2 Å². The van der Waals surface area contributed by atoms with Crippen LogP contribution in [0.4, 0.5) is 5.69 Å². The molecule has 0 unspecified atom stereocenters. The fourth-order valence-electron chi connectivity index (χ4n) is 4.31. The minimum absolute atomic E-state index is 0.770. The third kappa shape index (κ3) is 7.00. The molecular formula is C29H38ClN2OS4+. The van der Waals surface area contributed by atoms with E-state index < -0.39 is 18.7 Å². The number of thioether (sulfide) groups is 1. The summed E-state index contributed by atoms with van der Waals surface area (Å²) < 4.78 is 9.23. The Hall–Kier alpha value is -1.35. The molecule has 0 N–H and O–H groups in total. The second-order valence-electron chi connectivity index (χ2n) is 9.67. The van der Waals surface area contributed by atoms with Crippen molar-refractivity contribution in [2.45, 2.75) is 38.1 Å². The number of benzene rings is 2. The van der Waals surface area contributed by atoms with Crippen molar-refractivity contribution in [3.05, 3.63) is 57.0 Å². The van der Waals surface area contributed by atoms with Gasteiger partial charge in [0.05, 0.1) is 16.8 Å². The van der Waals surface area contributed by atoms with Crippen LogP contribution in [0.3, 0.4) is 0 Å². The zero-order chi connectivity index (χ0) is 26.8. The summed E-state index contributed by atoms with van der Waals surface area (Å²) in [4.78, 5) is 3.76. The van der Waals surface area contributed by atoms with Crippen LogP contribution < -0.4 is 9.47 Å². The molecule has 200 valence electrons. The summed E-state index contributed by atoms with van der Waals surface area (Å²) in [6.45, 7) is 6.19. The third-order valence-corrected chi connectivity index (χ3v) is 13.2. The molecular weight excluding hydrogens is 556 g/mol. The fraction of sp³-hybridized carbons (Fsp3) is 0.345. The molecule has 2 aromatic carbocycles. The van der Waals surface area contributed by atoms with E-state index in [9.17, 15) is 0 Å². The summed E-state index contributed by atoms with van der Waals surface area (Å²) in [5, 5.41) is 3.26. The van der Waals surface area contributed by atoms with Gasteiger partial charge in [-0.3, -0.25) is 0 Å². The highest BCUT2D eigenvalue weighted by Crippen LogP contribution is 2.47. The number of fused-ring (bicyclic) bond motifs is 2. The SMILES string of the molecule is C=S(=C)(CC)CCC[n+]1c(/C=C2\Sc3ccc(C)cc3N2CCCS(=C)(=C)OC)sc2ccc(Cl)cc21.